The molecule has 0 amide bonds. The van der Waals surface area contributed by atoms with Gasteiger partial charge in [0.05, 0.1) is 5.56 Å². The van der Waals surface area contributed by atoms with E-state index in [1.165, 1.54) is 12.1 Å². The van der Waals surface area contributed by atoms with Crippen LogP contribution in [-0.4, -0.2) is 17.8 Å². The van der Waals surface area contributed by atoms with Crippen molar-refractivity contribution in [3.05, 3.63) is 65.7 Å². The first kappa shape index (κ1) is 17.3. The molecule has 0 aliphatic heterocycles. The van der Waals surface area contributed by atoms with Gasteiger partial charge in [0.2, 0.25) is 0 Å². The molecule has 2 rings (SSSR count). The van der Waals surface area contributed by atoms with Crippen LogP contribution in [0.25, 0.3) is 0 Å². The summed E-state index contributed by atoms with van der Waals surface area (Å²) < 4.78 is 43.9. The van der Waals surface area contributed by atoms with Crippen molar-refractivity contribution in [1.29, 1.82) is 0 Å². The standard InChI is InChI=1S/C17H18F3NO2/c1-16(15(22)11-21,23-14-5-3-2-4-6-14)12-7-9-13(10-8-12)17(18,19)20/h2-10,15,22H,11,21H2,1H3. The van der Waals surface area contributed by atoms with Crippen molar-refractivity contribution in [2.45, 2.75) is 24.8 Å². The van der Waals surface area contributed by atoms with Gasteiger partial charge in [0, 0.05) is 6.54 Å². The molecule has 0 saturated carbocycles. The molecule has 23 heavy (non-hydrogen) atoms. The van der Waals surface area contributed by atoms with Crippen LogP contribution < -0.4 is 10.5 Å². The van der Waals surface area contributed by atoms with Crippen molar-refractivity contribution in [1.82, 2.24) is 0 Å². The summed E-state index contributed by atoms with van der Waals surface area (Å²) in [5.74, 6) is 0.488. The topological polar surface area (TPSA) is 55.5 Å². The van der Waals surface area contributed by atoms with Crippen molar-refractivity contribution in [2.75, 3.05) is 6.54 Å². The van der Waals surface area contributed by atoms with E-state index >= 15 is 0 Å². The molecule has 2 aromatic carbocycles. The predicted octanol–water partition coefficient (Wildman–Crippen LogP) is 3.32. The molecular formula is C17H18F3NO2. The van der Waals surface area contributed by atoms with E-state index in [1.807, 2.05) is 6.07 Å². The molecule has 0 fully saturated rings. The zero-order chi connectivity index (χ0) is 17.1. The van der Waals surface area contributed by atoms with Gasteiger partial charge in [-0.2, -0.15) is 13.2 Å². The van der Waals surface area contributed by atoms with E-state index in [4.69, 9.17) is 10.5 Å². The maximum absolute atomic E-state index is 12.7. The highest BCUT2D eigenvalue weighted by atomic mass is 19.4. The van der Waals surface area contributed by atoms with E-state index < -0.39 is 23.4 Å². The third-order valence-corrected chi connectivity index (χ3v) is 3.72. The highest BCUT2D eigenvalue weighted by Crippen LogP contribution is 2.34. The van der Waals surface area contributed by atoms with Crippen molar-refractivity contribution < 1.29 is 23.0 Å². The second-order valence-corrected chi connectivity index (χ2v) is 5.35. The molecule has 0 aliphatic carbocycles. The Morgan fingerprint density at radius 3 is 2.00 bits per heavy atom. The van der Waals surface area contributed by atoms with Crippen LogP contribution in [0.15, 0.2) is 54.6 Å². The van der Waals surface area contributed by atoms with Gasteiger partial charge in [-0.3, -0.25) is 0 Å². The number of nitrogens with two attached hydrogens (primary N) is 1. The lowest BCUT2D eigenvalue weighted by molar-refractivity contribution is -0.137. The molecule has 0 spiro atoms. The second-order valence-electron chi connectivity index (χ2n) is 5.35. The van der Waals surface area contributed by atoms with Gasteiger partial charge in [0.1, 0.15) is 11.9 Å². The molecule has 0 bridgehead atoms. The summed E-state index contributed by atoms with van der Waals surface area (Å²) in [6, 6.07) is 13.2. The van der Waals surface area contributed by atoms with Gasteiger partial charge >= 0.3 is 6.18 Å². The lowest BCUT2D eigenvalue weighted by atomic mass is 9.89. The molecule has 0 heterocycles. The number of aliphatic hydroxyl groups excluding tert-OH is 1. The van der Waals surface area contributed by atoms with Crippen molar-refractivity contribution in [2.24, 2.45) is 5.73 Å². The maximum atomic E-state index is 12.7. The first-order valence-electron chi connectivity index (χ1n) is 7.07. The average Bonchev–Trinajstić information content (AvgIpc) is 2.54. The molecular weight excluding hydrogens is 307 g/mol. The average molecular weight is 325 g/mol. The summed E-state index contributed by atoms with van der Waals surface area (Å²) in [6.07, 6.45) is -5.50. The van der Waals surface area contributed by atoms with Crippen LogP contribution in [0, 0.1) is 0 Å². The normalized spacial score (nSPS) is 15.7. The fraction of sp³-hybridized carbons (Fsp3) is 0.294. The van der Waals surface area contributed by atoms with Crippen LogP contribution >= 0.6 is 0 Å². The number of alkyl halides is 3. The van der Waals surface area contributed by atoms with Crippen molar-refractivity contribution >= 4 is 0 Å². The Balaban J connectivity index is 2.38. The van der Waals surface area contributed by atoms with Gasteiger partial charge in [-0.15, -0.1) is 0 Å². The summed E-state index contributed by atoms with van der Waals surface area (Å²) in [6.45, 7) is 1.50. The van der Waals surface area contributed by atoms with E-state index in [0.717, 1.165) is 12.1 Å². The van der Waals surface area contributed by atoms with Gasteiger partial charge in [0.15, 0.2) is 5.60 Å². The Kier molecular flexibility index (Phi) is 4.97. The van der Waals surface area contributed by atoms with Gasteiger partial charge in [-0.05, 0) is 36.8 Å². The van der Waals surface area contributed by atoms with E-state index in [2.05, 4.69) is 0 Å². The second kappa shape index (κ2) is 6.60. The molecule has 0 radical (unpaired) electrons. The van der Waals surface area contributed by atoms with Crippen molar-refractivity contribution in [3.8, 4) is 5.75 Å². The minimum Gasteiger partial charge on any atom is -0.480 e. The molecule has 2 atom stereocenters. The zero-order valence-electron chi connectivity index (χ0n) is 12.5. The van der Waals surface area contributed by atoms with Crippen LogP contribution in [0.1, 0.15) is 18.1 Å². The third kappa shape index (κ3) is 3.83. The highest BCUT2D eigenvalue weighted by Gasteiger charge is 2.38. The van der Waals surface area contributed by atoms with Gasteiger partial charge in [0.25, 0.3) is 0 Å². The van der Waals surface area contributed by atoms with Crippen LogP contribution in [0.3, 0.4) is 0 Å². The quantitative estimate of drug-likeness (QED) is 0.887. The summed E-state index contributed by atoms with van der Waals surface area (Å²) in [5, 5.41) is 10.2. The lowest BCUT2D eigenvalue weighted by Crippen LogP contribution is -2.46. The number of ether oxygens (including phenoxy) is 1. The minimum atomic E-state index is -4.41. The largest absolute Gasteiger partial charge is 0.480 e. The van der Waals surface area contributed by atoms with Gasteiger partial charge in [-0.25, -0.2) is 0 Å². The van der Waals surface area contributed by atoms with Crippen LogP contribution in [0.5, 0.6) is 5.75 Å². The Hall–Kier alpha value is -2.05. The highest BCUT2D eigenvalue weighted by molar-refractivity contribution is 5.32. The Labute approximate surface area is 132 Å². The summed E-state index contributed by atoms with van der Waals surface area (Å²) >= 11 is 0. The molecule has 2 aromatic rings. The Bertz CT molecular complexity index is 629. The molecule has 3 N–H and O–H groups in total. The van der Waals surface area contributed by atoms with E-state index in [-0.39, 0.29) is 6.54 Å². The molecule has 0 aliphatic rings. The molecule has 0 saturated heterocycles. The summed E-state index contributed by atoms with van der Waals surface area (Å²) in [5.41, 5.74) is 3.93. The van der Waals surface area contributed by atoms with Crippen LogP contribution in [-0.2, 0) is 11.8 Å². The number of rotatable bonds is 5. The molecule has 6 heteroatoms. The maximum Gasteiger partial charge on any atom is 0.416 e. The Morgan fingerprint density at radius 1 is 1.00 bits per heavy atom. The predicted molar refractivity (Wildman–Crippen MR) is 80.9 cm³/mol. The molecule has 2 unspecified atom stereocenters. The minimum absolute atomic E-state index is 0.0929. The number of hydrogen-bond donors (Lipinski definition) is 2. The summed E-state index contributed by atoms with van der Waals surface area (Å²) in [7, 11) is 0. The fourth-order valence-electron chi connectivity index (χ4n) is 2.27. The Morgan fingerprint density at radius 2 is 1.52 bits per heavy atom. The third-order valence-electron chi connectivity index (χ3n) is 3.72. The van der Waals surface area contributed by atoms with Crippen LogP contribution in [0.4, 0.5) is 13.2 Å². The first-order chi connectivity index (χ1) is 10.8. The van der Waals surface area contributed by atoms with Gasteiger partial charge < -0.3 is 15.6 Å². The molecule has 0 aromatic heterocycles. The zero-order valence-corrected chi connectivity index (χ0v) is 12.5. The smallest absolute Gasteiger partial charge is 0.416 e. The summed E-state index contributed by atoms with van der Waals surface area (Å²) in [4.78, 5) is 0. The van der Waals surface area contributed by atoms with E-state index in [0.29, 0.717) is 11.3 Å². The monoisotopic (exact) mass is 325 g/mol. The van der Waals surface area contributed by atoms with Gasteiger partial charge in [-0.1, -0.05) is 30.3 Å². The number of halogens is 3. The number of aliphatic hydroxyl groups is 1. The number of hydrogen-bond acceptors (Lipinski definition) is 3. The van der Waals surface area contributed by atoms with Crippen molar-refractivity contribution in [3.63, 3.8) is 0 Å². The fourth-order valence-corrected chi connectivity index (χ4v) is 2.27. The van der Waals surface area contributed by atoms with Crippen LogP contribution in [0.2, 0.25) is 0 Å². The number of benzene rings is 2. The SMILES string of the molecule is CC(Oc1ccccc1)(c1ccc(C(F)(F)F)cc1)C(O)CN. The lowest BCUT2D eigenvalue weighted by Gasteiger charge is -2.35. The molecule has 124 valence electrons. The van der Waals surface area contributed by atoms with E-state index in [1.54, 1.807) is 31.2 Å². The molecule has 3 nitrogen and oxygen atoms in total. The van der Waals surface area contributed by atoms with E-state index in [9.17, 15) is 18.3 Å². The first-order valence-corrected chi connectivity index (χ1v) is 7.07. The number of para-hydroxylation sites is 1.